The van der Waals surface area contributed by atoms with E-state index in [0.717, 1.165) is 18.4 Å². The number of likely N-dealkylation sites (N-methyl/N-ethyl adjacent to an activating group) is 1. The lowest BCUT2D eigenvalue weighted by Crippen LogP contribution is -2.32. The van der Waals surface area contributed by atoms with Gasteiger partial charge in [-0.2, -0.15) is 5.10 Å². The Labute approximate surface area is 118 Å². The second-order valence-electron chi connectivity index (χ2n) is 5.78. The fourth-order valence-corrected chi connectivity index (χ4v) is 3.05. The van der Waals surface area contributed by atoms with E-state index in [2.05, 4.69) is 5.10 Å². The van der Waals surface area contributed by atoms with Crippen LogP contribution >= 0.6 is 0 Å². The predicted molar refractivity (Wildman–Crippen MR) is 74.6 cm³/mol. The van der Waals surface area contributed by atoms with Crippen LogP contribution in [-0.2, 0) is 4.79 Å². The van der Waals surface area contributed by atoms with E-state index in [1.807, 2.05) is 17.8 Å². The first-order valence-electron chi connectivity index (χ1n) is 7.21. The first kappa shape index (κ1) is 13.1. The summed E-state index contributed by atoms with van der Waals surface area (Å²) in [6.45, 7) is 2.04. The van der Waals surface area contributed by atoms with Crippen LogP contribution in [-0.4, -0.2) is 40.2 Å². The van der Waals surface area contributed by atoms with E-state index in [4.69, 9.17) is 0 Å². The van der Waals surface area contributed by atoms with E-state index in [1.165, 1.54) is 29.1 Å². The summed E-state index contributed by atoms with van der Waals surface area (Å²) in [5, 5.41) is 4.53. The summed E-state index contributed by atoms with van der Waals surface area (Å²) in [6.07, 6.45) is 7.96. The Hall–Kier alpha value is -1.85. The standard InChI is InChI=1S/C14H20N4O2/c1-10-8-17(11-6-4-3-5-7-11)15-13(10)18-12(19)9-16(2)14(18)20/h8,11H,3-7,9H2,1-2H3. The van der Waals surface area contributed by atoms with Crippen molar-refractivity contribution in [1.82, 2.24) is 14.7 Å². The van der Waals surface area contributed by atoms with E-state index < -0.39 is 0 Å². The molecule has 0 atom stereocenters. The number of nitrogens with zero attached hydrogens (tertiary/aromatic N) is 4. The third kappa shape index (κ3) is 2.09. The molecule has 1 aromatic rings. The van der Waals surface area contributed by atoms with Crippen molar-refractivity contribution >= 4 is 17.8 Å². The number of hydrogen-bond donors (Lipinski definition) is 0. The second kappa shape index (κ2) is 4.92. The van der Waals surface area contributed by atoms with E-state index in [1.54, 1.807) is 7.05 Å². The monoisotopic (exact) mass is 276 g/mol. The molecule has 0 bridgehead atoms. The molecule has 1 aliphatic heterocycles. The molecule has 2 heterocycles. The molecule has 0 aromatic carbocycles. The smallest absolute Gasteiger partial charge is 0.318 e. The SMILES string of the molecule is Cc1cn(C2CCCCC2)nc1N1C(=O)CN(C)C1=O. The second-order valence-corrected chi connectivity index (χ2v) is 5.78. The van der Waals surface area contributed by atoms with E-state index in [-0.39, 0.29) is 18.5 Å². The van der Waals surface area contributed by atoms with E-state index in [9.17, 15) is 9.59 Å². The van der Waals surface area contributed by atoms with Gasteiger partial charge >= 0.3 is 6.03 Å². The number of carbonyl (C=O) groups excluding carboxylic acids is 2. The minimum atomic E-state index is -0.285. The average molecular weight is 276 g/mol. The van der Waals surface area contributed by atoms with Crippen LogP contribution < -0.4 is 4.90 Å². The molecule has 1 saturated heterocycles. The lowest BCUT2D eigenvalue weighted by Gasteiger charge is -2.22. The molecule has 108 valence electrons. The van der Waals surface area contributed by atoms with Crippen LogP contribution in [0.15, 0.2) is 6.20 Å². The topological polar surface area (TPSA) is 58.4 Å². The Morgan fingerprint density at radius 3 is 2.50 bits per heavy atom. The van der Waals surface area contributed by atoms with Crippen molar-refractivity contribution in [1.29, 1.82) is 0 Å². The largest absolute Gasteiger partial charge is 0.332 e. The van der Waals surface area contributed by atoms with Gasteiger partial charge in [0.15, 0.2) is 5.82 Å². The highest BCUT2D eigenvalue weighted by Crippen LogP contribution is 2.30. The first-order valence-corrected chi connectivity index (χ1v) is 7.21. The molecule has 6 heteroatoms. The number of amides is 3. The van der Waals surface area contributed by atoms with Crippen molar-refractivity contribution in [2.75, 3.05) is 18.5 Å². The molecule has 0 N–H and O–H groups in total. The Bertz CT molecular complexity index is 545. The maximum atomic E-state index is 12.0. The minimum Gasteiger partial charge on any atom is -0.318 e. The van der Waals surface area contributed by atoms with E-state index in [0.29, 0.717) is 11.9 Å². The van der Waals surface area contributed by atoms with Crippen LogP contribution in [0.5, 0.6) is 0 Å². The summed E-state index contributed by atoms with van der Waals surface area (Å²) in [4.78, 5) is 26.6. The highest BCUT2D eigenvalue weighted by atomic mass is 16.2. The summed E-state index contributed by atoms with van der Waals surface area (Å²) in [6, 6.07) is 0.119. The fraction of sp³-hybridized carbons (Fsp3) is 0.643. The van der Waals surface area contributed by atoms with Crippen molar-refractivity contribution in [3.63, 3.8) is 0 Å². The van der Waals surface area contributed by atoms with Gasteiger partial charge in [-0.1, -0.05) is 19.3 Å². The van der Waals surface area contributed by atoms with Gasteiger partial charge in [0.1, 0.15) is 6.54 Å². The van der Waals surface area contributed by atoms with Crippen molar-refractivity contribution < 1.29 is 9.59 Å². The minimum absolute atomic E-state index is 0.133. The van der Waals surface area contributed by atoms with Gasteiger partial charge in [-0.05, 0) is 19.8 Å². The van der Waals surface area contributed by atoms with Crippen molar-refractivity contribution in [3.8, 4) is 0 Å². The van der Waals surface area contributed by atoms with Crippen LogP contribution in [0.2, 0.25) is 0 Å². The molecule has 3 amide bonds. The Kier molecular flexibility index (Phi) is 3.23. The number of rotatable bonds is 2. The molecule has 0 spiro atoms. The molecule has 1 aromatic heterocycles. The number of aryl methyl sites for hydroxylation is 1. The van der Waals surface area contributed by atoms with Crippen molar-refractivity contribution in [2.45, 2.75) is 45.1 Å². The van der Waals surface area contributed by atoms with Crippen LogP contribution in [0.4, 0.5) is 10.6 Å². The van der Waals surface area contributed by atoms with Crippen LogP contribution in [0, 0.1) is 6.92 Å². The van der Waals surface area contributed by atoms with Gasteiger partial charge in [0.25, 0.3) is 5.91 Å². The van der Waals surface area contributed by atoms with Gasteiger partial charge in [0, 0.05) is 18.8 Å². The fourth-order valence-electron chi connectivity index (χ4n) is 3.05. The molecule has 1 aliphatic carbocycles. The summed E-state index contributed by atoms with van der Waals surface area (Å²) in [7, 11) is 1.63. The summed E-state index contributed by atoms with van der Waals surface area (Å²) in [5.41, 5.74) is 0.882. The zero-order valence-electron chi connectivity index (χ0n) is 12.0. The van der Waals surface area contributed by atoms with Gasteiger partial charge in [-0.15, -0.1) is 0 Å². The third-order valence-corrected chi connectivity index (χ3v) is 4.19. The van der Waals surface area contributed by atoms with Crippen LogP contribution in [0.3, 0.4) is 0 Å². The summed E-state index contributed by atoms with van der Waals surface area (Å²) in [5.74, 6) is 0.296. The zero-order valence-corrected chi connectivity index (χ0v) is 12.0. The number of carbonyl (C=O) groups is 2. The highest BCUT2D eigenvalue weighted by molar-refractivity contribution is 6.19. The summed E-state index contributed by atoms with van der Waals surface area (Å²) >= 11 is 0. The molecular weight excluding hydrogens is 256 g/mol. The van der Waals surface area contributed by atoms with Crippen molar-refractivity contribution in [3.05, 3.63) is 11.8 Å². The van der Waals surface area contributed by atoms with Crippen LogP contribution in [0.25, 0.3) is 0 Å². The lowest BCUT2D eigenvalue weighted by molar-refractivity contribution is -0.116. The van der Waals surface area contributed by atoms with Crippen molar-refractivity contribution in [2.24, 2.45) is 0 Å². The Morgan fingerprint density at radius 2 is 1.90 bits per heavy atom. The van der Waals surface area contributed by atoms with Gasteiger partial charge < -0.3 is 4.90 Å². The average Bonchev–Trinajstić information content (AvgIpc) is 2.92. The van der Waals surface area contributed by atoms with Crippen LogP contribution in [0.1, 0.15) is 43.7 Å². The molecule has 20 heavy (non-hydrogen) atoms. The van der Waals surface area contributed by atoms with Gasteiger partial charge in [-0.3, -0.25) is 9.48 Å². The number of urea groups is 1. The quantitative estimate of drug-likeness (QED) is 0.777. The zero-order chi connectivity index (χ0) is 14.3. The number of anilines is 1. The molecule has 0 unspecified atom stereocenters. The molecule has 2 aliphatic rings. The lowest BCUT2D eigenvalue weighted by atomic mass is 9.96. The van der Waals surface area contributed by atoms with E-state index >= 15 is 0 Å². The maximum Gasteiger partial charge on any atom is 0.332 e. The highest BCUT2D eigenvalue weighted by Gasteiger charge is 2.37. The number of hydrogen-bond acceptors (Lipinski definition) is 3. The number of aromatic nitrogens is 2. The normalized spacial score (nSPS) is 21.1. The Balaban J connectivity index is 1.89. The van der Waals surface area contributed by atoms with Gasteiger partial charge in [-0.25, -0.2) is 9.69 Å². The van der Waals surface area contributed by atoms with Gasteiger partial charge in [0.2, 0.25) is 0 Å². The Morgan fingerprint density at radius 1 is 1.20 bits per heavy atom. The molecule has 3 rings (SSSR count). The number of imide groups is 1. The summed E-state index contributed by atoms with van der Waals surface area (Å²) < 4.78 is 1.95. The first-order chi connectivity index (χ1) is 9.58. The molecule has 0 radical (unpaired) electrons. The molecule has 2 fully saturated rings. The molecular formula is C14H20N4O2. The maximum absolute atomic E-state index is 12.0. The van der Waals surface area contributed by atoms with Gasteiger partial charge in [0.05, 0.1) is 6.04 Å². The molecule has 6 nitrogen and oxygen atoms in total. The third-order valence-electron chi connectivity index (χ3n) is 4.19. The predicted octanol–water partition coefficient (Wildman–Crippen LogP) is 2.10. The molecule has 1 saturated carbocycles.